The second-order valence-electron chi connectivity index (χ2n) is 7.23. The van der Waals surface area contributed by atoms with E-state index in [1.54, 1.807) is 26.8 Å². The first-order valence-electron chi connectivity index (χ1n) is 8.16. The number of carbonyl (C=O) groups is 1. The molecule has 0 radical (unpaired) electrons. The third kappa shape index (κ3) is 4.76. The number of alkyl halides is 3. The molecule has 146 valence electrons. The lowest BCUT2D eigenvalue weighted by Crippen LogP contribution is -2.27. The van der Waals surface area contributed by atoms with E-state index in [2.05, 4.69) is 4.18 Å². The Morgan fingerprint density at radius 2 is 1.81 bits per heavy atom. The van der Waals surface area contributed by atoms with Crippen molar-refractivity contribution in [2.24, 2.45) is 5.41 Å². The van der Waals surface area contributed by atoms with Gasteiger partial charge in [0.1, 0.15) is 11.9 Å². The molecule has 1 aliphatic rings. The molecular formula is C17H21F3O5S. The van der Waals surface area contributed by atoms with Gasteiger partial charge in [0.15, 0.2) is 0 Å². The molecule has 5 nitrogen and oxygen atoms in total. The number of aryl methyl sites for hydroxylation is 1. The fraction of sp³-hybridized carbons (Fsp3) is 0.588. The van der Waals surface area contributed by atoms with E-state index < -0.39 is 33.1 Å². The molecule has 0 bridgehead atoms. The van der Waals surface area contributed by atoms with Gasteiger partial charge in [0, 0.05) is 0 Å². The SMILES string of the molecule is CC(C)(C)C(=O)Oc1ccc2c(c1)CCCCC2OS(=O)(=O)C(F)(F)F. The van der Waals surface area contributed by atoms with E-state index in [9.17, 15) is 26.4 Å². The molecule has 26 heavy (non-hydrogen) atoms. The summed E-state index contributed by atoms with van der Waals surface area (Å²) in [4.78, 5) is 12.0. The highest BCUT2D eigenvalue weighted by Gasteiger charge is 2.49. The smallest absolute Gasteiger partial charge is 0.426 e. The molecule has 1 unspecified atom stereocenters. The lowest BCUT2D eigenvalue weighted by Gasteiger charge is -2.20. The number of hydrogen-bond donors (Lipinski definition) is 0. The highest BCUT2D eigenvalue weighted by Crippen LogP contribution is 2.37. The monoisotopic (exact) mass is 394 g/mol. The highest BCUT2D eigenvalue weighted by atomic mass is 32.2. The molecule has 1 atom stereocenters. The van der Waals surface area contributed by atoms with Gasteiger partial charge in [0.05, 0.1) is 5.41 Å². The summed E-state index contributed by atoms with van der Waals surface area (Å²) >= 11 is 0. The molecule has 0 fully saturated rings. The van der Waals surface area contributed by atoms with Crippen LogP contribution in [-0.4, -0.2) is 19.9 Å². The van der Waals surface area contributed by atoms with Crippen molar-refractivity contribution < 1.29 is 35.3 Å². The minimum atomic E-state index is -5.69. The minimum absolute atomic E-state index is 0.156. The van der Waals surface area contributed by atoms with Crippen LogP contribution in [0.1, 0.15) is 57.3 Å². The average Bonchev–Trinajstić information content (AvgIpc) is 2.67. The minimum Gasteiger partial charge on any atom is -0.426 e. The standard InChI is InChI=1S/C17H21F3O5S/c1-16(2,3)15(21)24-12-8-9-13-11(10-12)6-4-5-7-14(13)25-26(22,23)17(18,19)20/h8-10,14H,4-7H2,1-3H3. The van der Waals surface area contributed by atoms with Crippen molar-refractivity contribution in [2.45, 2.75) is 58.1 Å². The lowest BCUT2D eigenvalue weighted by atomic mass is 9.97. The Morgan fingerprint density at radius 3 is 2.38 bits per heavy atom. The Kier molecular flexibility index (Phi) is 5.72. The number of benzene rings is 1. The Balaban J connectivity index is 2.30. The van der Waals surface area contributed by atoms with Crippen LogP contribution in [0.25, 0.3) is 0 Å². The van der Waals surface area contributed by atoms with Gasteiger partial charge in [-0.15, -0.1) is 0 Å². The fourth-order valence-corrected chi connectivity index (χ4v) is 3.16. The second kappa shape index (κ2) is 7.19. The van der Waals surface area contributed by atoms with Crippen LogP contribution < -0.4 is 4.74 Å². The normalized spacial score (nSPS) is 18.8. The van der Waals surface area contributed by atoms with Gasteiger partial charge in [-0.2, -0.15) is 21.6 Å². The molecule has 0 amide bonds. The molecule has 2 rings (SSSR count). The average molecular weight is 394 g/mol. The first-order chi connectivity index (χ1) is 11.8. The van der Waals surface area contributed by atoms with E-state index in [-0.39, 0.29) is 12.2 Å². The maximum Gasteiger partial charge on any atom is 0.523 e. The van der Waals surface area contributed by atoms with Crippen molar-refractivity contribution in [2.75, 3.05) is 0 Å². The van der Waals surface area contributed by atoms with Crippen molar-refractivity contribution >= 4 is 16.1 Å². The molecule has 0 saturated heterocycles. The number of carbonyl (C=O) groups excluding carboxylic acids is 1. The molecule has 1 aromatic carbocycles. The van der Waals surface area contributed by atoms with Crippen LogP contribution in [-0.2, 0) is 25.5 Å². The Bertz CT molecular complexity index is 779. The fourth-order valence-electron chi connectivity index (χ4n) is 2.54. The van der Waals surface area contributed by atoms with E-state index >= 15 is 0 Å². The van der Waals surface area contributed by atoms with E-state index in [1.165, 1.54) is 12.1 Å². The molecule has 0 saturated carbocycles. The second-order valence-corrected chi connectivity index (χ2v) is 8.79. The number of fused-ring (bicyclic) bond motifs is 1. The highest BCUT2D eigenvalue weighted by molar-refractivity contribution is 7.87. The Labute approximate surface area is 150 Å². The van der Waals surface area contributed by atoms with Gasteiger partial charge in [0.2, 0.25) is 0 Å². The molecule has 0 spiro atoms. The van der Waals surface area contributed by atoms with Crippen LogP contribution in [0, 0.1) is 5.41 Å². The molecule has 0 aliphatic heterocycles. The van der Waals surface area contributed by atoms with Gasteiger partial charge in [-0.25, -0.2) is 0 Å². The van der Waals surface area contributed by atoms with Crippen molar-refractivity contribution in [1.29, 1.82) is 0 Å². The number of esters is 1. The van der Waals surface area contributed by atoms with Gasteiger partial charge in [-0.3, -0.25) is 8.98 Å². The molecule has 1 aliphatic carbocycles. The Morgan fingerprint density at radius 1 is 1.15 bits per heavy atom. The van der Waals surface area contributed by atoms with Gasteiger partial charge < -0.3 is 4.74 Å². The zero-order valence-electron chi connectivity index (χ0n) is 14.7. The van der Waals surface area contributed by atoms with Gasteiger partial charge in [-0.05, 0) is 63.3 Å². The zero-order valence-corrected chi connectivity index (χ0v) is 15.5. The van der Waals surface area contributed by atoms with E-state index in [0.717, 1.165) is 0 Å². The van der Waals surface area contributed by atoms with Gasteiger partial charge in [-0.1, -0.05) is 12.5 Å². The maximum absolute atomic E-state index is 12.6. The number of hydrogen-bond acceptors (Lipinski definition) is 5. The van der Waals surface area contributed by atoms with Crippen LogP contribution in [0.2, 0.25) is 0 Å². The number of ether oxygens (including phenoxy) is 1. The number of halogens is 3. The largest absolute Gasteiger partial charge is 0.523 e. The molecule has 1 aromatic rings. The van der Waals surface area contributed by atoms with Crippen LogP contribution >= 0.6 is 0 Å². The molecule has 9 heteroatoms. The summed E-state index contributed by atoms with van der Waals surface area (Å²) in [6, 6.07) is 4.45. The molecule has 0 heterocycles. The van der Waals surface area contributed by atoms with Crippen molar-refractivity contribution in [3.63, 3.8) is 0 Å². The summed E-state index contributed by atoms with van der Waals surface area (Å²) < 4.78 is 70.3. The molecule has 0 N–H and O–H groups in total. The maximum atomic E-state index is 12.6. The van der Waals surface area contributed by atoms with E-state index in [4.69, 9.17) is 4.74 Å². The van der Waals surface area contributed by atoms with Crippen LogP contribution in [0.15, 0.2) is 18.2 Å². The summed E-state index contributed by atoms with van der Waals surface area (Å²) in [6.45, 7) is 5.10. The van der Waals surface area contributed by atoms with Crippen molar-refractivity contribution in [3.05, 3.63) is 29.3 Å². The van der Waals surface area contributed by atoms with Crippen LogP contribution in [0.4, 0.5) is 13.2 Å². The van der Waals surface area contributed by atoms with Gasteiger partial charge >= 0.3 is 21.6 Å². The third-order valence-electron chi connectivity index (χ3n) is 3.97. The van der Waals surface area contributed by atoms with Crippen molar-refractivity contribution in [1.82, 2.24) is 0 Å². The molecule has 0 aromatic heterocycles. The first-order valence-corrected chi connectivity index (χ1v) is 9.57. The first kappa shape index (κ1) is 20.7. The quantitative estimate of drug-likeness (QED) is 0.252. The van der Waals surface area contributed by atoms with E-state index in [1.807, 2.05) is 0 Å². The Hall–Kier alpha value is -1.61. The zero-order chi connectivity index (χ0) is 19.8. The summed E-state index contributed by atoms with van der Waals surface area (Å²) in [5, 5.41) is 0. The summed E-state index contributed by atoms with van der Waals surface area (Å²) in [5.41, 5.74) is -5.20. The lowest BCUT2D eigenvalue weighted by molar-refractivity contribution is -0.143. The topological polar surface area (TPSA) is 69.7 Å². The summed E-state index contributed by atoms with van der Waals surface area (Å²) in [6.07, 6.45) is 0.650. The number of rotatable bonds is 3. The third-order valence-corrected chi connectivity index (χ3v) is 5.03. The van der Waals surface area contributed by atoms with Crippen molar-refractivity contribution in [3.8, 4) is 5.75 Å². The molecular weight excluding hydrogens is 373 g/mol. The summed E-state index contributed by atoms with van der Waals surface area (Å²) in [7, 11) is -5.69. The van der Waals surface area contributed by atoms with Crippen LogP contribution in [0.5, 0.6) is 5.75 Å². The summed E-state index contributed by atoms with van der Waals surface area (Å²) in [5.74, 6) is -0.179. The van der Waals surface area contributed by atoms with Crippen LogP contribution in [0.3, 0.4) is 0 Å². The van der Waals surface area contributed by atoms with Gasteiger partial charge in [0.25, 0.3) is 0 Å². The van der Waals surface area contributed by atoms with E-state index in [0.29, 0.717) is 30.4 Å². The predicted octanol–water partition coefficient (Wildman–Crippen LogP) is 4.27. The predicted molar refractivity (Wildman–Crippen MR) is 87.9 cm³/mol.